The van der Waals surface area contributed by atoms with Gasteiger partial charge >= 0.3 is 0 Å². The third kappa shape index (κ3) is 3.93. The number of aromatic nitrogens is 3. The summed E-state index contributed by atoms with van der Waals surface area (Å²) in [5, 5.41) is 8.65. The van der Waals surface area contributed by atoms with E-state index in [4.69, 9.17) is 4.74 Å². The predicted molar refractivity (Wildman–Crippen MR) is 97.9 cm³/mol. The highest BCUT2D eigenvalue weighted by Crippen LogP contribution is 2.32. The summed E-state index contributed by atoms with van der Waals surface area (Å²) in [7, 11) is 0. The van der Waals surface area contributed by atoms with E-state index in [1.807, 2.05) is 10.9 Å². The van der Waals surface area contributed by atoms with E-state index < -0.39 is 0 Å². The molecule has 1 aromatic heterocycles. The molecule has 0 spiro atoms. The van der Waals surface area contributed by atoms with Crippen molar-refractivity contribution >= 4 is 0 Å². The summed E-state index contributed by atoms with van der Waals surface area (Å²) in [6.45, 7) is 8.19. The lowest BCUT2D eigenvalue weighted by molar-refractivity contribution is 0.0848. The summed E-state index contributed by atoms with van der Waals surface area (Å²) in [5.41, 5.74) is 4.57. The van der Waals surface area contributed by atoms with Crippen LogP contribution in [0.5, 0.6) is 0 Å². The molecule has 2 heterocycles. The molecule has 1 saturated heterocycles. The van der Waals surface area contributed by atoms with Gasteiger partial charge in [-0.15, -0.1) is 5.10 Å². The molecule has 25 heavy (non-hydrogen) atoms. The first kappa shape index (κ1) is 16.4. The molecular weight excluding hydrogens is 310 g/mol. The molecule has 1 aromatic carbocycles. The Morgan fingerprint density at radius 2 is 2.16 bits per heavy atom. The van der Waals surface area contributed by atoms with E-state index >= 15 is 0 Å². The molecule has 1 atom stereocenters. The lowest BCUT2D eigenvalue weighted by Gasteiger charge is -2.13. The van der Waals surface area contributed by atoms with Crippen molar-refractivity contribution in [2.24, 2.45) is 11.3 Å². The fourth-order valence-corrected chi connectivity index (χ4v) is 3.36. The number of hydrogen-bond donors (Lipinski definition) is 0. The smallest absolute Gasteiger partial charge is 0.113 e. The second-order valence-corrected chi connectivity index (χ2v) is 8.20. The van der Waals surface area contributed by atoms with Crippen molar-refractivity contribution in [3.05, 3.63) is 35.5 Å². The van der Waals surface area contributed by atoms with Crippen LogP contribution in [0.25, 0.3) is 11.3 Å². The van der Waals surface area contributed by atoms with Crippen molar-refractivity contribution in [2.75, 3.05) is 6.61 Å². The zero-order chi connectivity index (χ0) is 17.4. The number of nitrogens with zero attached hydrogens (tertiary/aromatic N) is 3. The number of ether oxygens (including phenoxy) is 1. The van der Waals surface area contributed by atoms with Gasteiger partial charge in [-0.05, 0) is 49.3 Å². The number of aryl methyl sites for hydroxylation is 1. The number of hydrogen-bond acceptors (Lipinski definition) is 3. The molecule has 0 amide bonds. The summed E-state index contributed by atoms with van der Waals surface area (Å²) in [4.78, 5) is 0. The van der Waals surface area contributed by atoms with Crippen molar-refractivity contribution < 1.29 is 4.74 Å². The van der Waals surface area contributed by atoms with Gasteiger partial charge < -0.3 is 4.74 Å². The van der Waals surface area contributed by atoms with Crippen LogP contribution >= 0.6 is 0 Å². The van der Waals surface area contributed by atoms with Crippen LogP contribution in [0.1, 0.15) is 44.2 Å². The Kier molecular flexibility index (Phi) is 4.13. The van der Waals surface area contributed by atoms with Crippen LogP contribution < -0.4 is 0 Å². The third-order valence-electron chi connectivity index (χ3n) is 4.92. The molecule has 2 fully saturated rings. The minimum atomic E-state index is 0.228. The second-order valence-electron chi connectivity index (χ2n) is 8.20. The first-order valence-electron chi connectivity index (χ1n) is 9.13. The maximum Gasteiger partial charge on any atom is 0.113 e. The SMILES string of the molecule is Cc1cc(C#CC2CC2)ccc1-c1cn(C[C@H]2CC(C)(C)CO2)nn1. The lowest BCUT2D eigenvalue weighted by Crippen LogP contribution is -2.16. The van der Waals surface area contributed by atoms with Crippen LogP contribution in [0.15, 0.2) is 24.4 Å². The Labute approximate surface area is 149 Å². The van der Waals surface area contributed by atoms with E-state index in [9.17, 15) is 0 Å². The van der Waals surface area contributed by atoms with Gasteiger partial charge in [0, 0.05) is 17.0 Å². The molecular formula is C21H25N3O. The second kappa shape index (κ2) is 6.31. The van der Waals surface area contributed by atoms with Gasteiger partial charge in [0.2, 0.25) is 0 Å². The molecule has 4 rings (SSSR count). The number of benzene rings is 1. The lowest BCUT2D eigenvalue weighted by atomic mass is 9.91. The molecule has 0 bridgehead atoms. The average molecular weight is 335 g/mol. The van der Waals surface area contributed by atoms with Crippen LogP contribution in [0.3, 0.4) is 0 Å². The summed E-state index contributed by atoms with van der Waals surface area (Å²) in [6.07, 6.45) is 5.83. The Morgan fingerprint density at radius 3 is 2.84 bits per heavy atom. The minimum absolute atomic E-state index is 0.228. The molecule has 4 heteroatoms. The van der Waals surface area contributed by atoms with E-state index in [0.717, 1.165) is 36.4 Å². The van der Waals surface area contributed by atoms with Crippen molar-refractivity contribution in [3.63, 3.8) is 0 Å². The Hall–Kier alpha value is -2.12. The molecule has 0 radical (unpaired) electrons. The zero-order valence-corrected chi connectivity index (χ0v) is 15.2. The minimum Gasteiger partial charge on any atom is -0.376 e. The van der Waals surface area contributed by atoms with E-state index in [0.29, 0.717) is 5.92 Å². The third-order valence-corrected chi connectivity index (χ3v) is 4.92. The maximum atomic E-state index is 5.87. The Balaban J connectivity index is 1.47. The topological polar surface area (TPSA) is 39.9 Å². The van der Waals surface area contributed by atoms with Gasteiger partial charge in [-0.2, -0.15) is 0 Å². The van der Waals surface area contributed by atoms with Crippen molar-refractivity contribution in [2.45, 2.75) is 52.7 Å². The highest BCUT2D eigenvalue weighted by Gasteiger charge is 2.32. The Morgan fingerprint density at radius 1 is 1.32 bits per heavy atom. The highest BCUT2D eigenvalue weighted by atomic mass is 16.5. The molecule has 1 aliphatic heterocycles. The maximum absolute atomic E-state index is 5.87. The summed E-state index contributed by atoms with van der Waals surface area (Å²) in [5.74, 6) is 7.22. The monoisotopic (exact) mass is 335 g/mol. The van der Waals surface area contributed by atoms with Crippen molar-refractivity contribution in [1.82, 2.24) is 15.0 Å². The molecule has 0 unspecified atom stereocenters. The normalized spacial score (nSPS) is 21.8. The molecule has 130 valence electrons. The van der Waals surface area contributed by atoms with Crippen molar-refractivity contribution in [3.8, 4) is 23.1 Å². The van der Waals surface area contributed by atoms with Crippen LogP contribution in [-0.2, 0) is 11.3 Å². The largest absolute Gasteiger partial charge is 0.376 e. The fraction of sp³-hybridized carbons (Fsp3) is 0.524. The molecule has 2 aliphatic rings. The summed E-state index contributed by atoms with van der Waals surface area (Å²) >= 11 is 0. The fourth-order valence-electron chi connectivity index (χ4n) is 3.36. The molecule has 1 aliphatic carbocycles. The van der Waals surface area contributed by atoms with Gasteiger partial charge in [0.1, 0.15) is 5.69 Å². The summed E-state index contributed by atoms with van der Waals surface area (Å²) in [6, 6.07) is 6.33. The van der Waals surface area contributed by atoms with Gasteiger partial charge in [-0.3, -0.25) is 0 Å². The van der Waals surface area contributed by atoms with Gasteiger partial charge in [-0.1, -0.05) is 37.0 Å². The molecule has 4 nitrogen and oxygen atoms in total. The first-order chi connectivity index (χ1) is 12.0. The zero-order valence-electron chi connectivity index (χ0n) is 15.2. The van der Waals surface area contributed by atoms with E-state index in [2.05, 4.69) is 61.1 Å². The van der Waals surface area contributed by atoms with Gasteiger partial charge in [-0.25, -0.2) is 4.68 Å². The van der Waals surface area contributed by atoms with E-state index in [-0.39, 0.29) is 11.5 Å². The predicted octanol–water partition coefficient (Wildman–Crippen LogP) is 3.83. The van der Waals surface area contributed by atoms with Crippen molar-refractivity contribution in [1.29, 1.82) is 0 Å². The molecule has 2 aromatic rings. The van der Waals surface area contributed by atoms with Crippen LogP contribution in [-0.4, -0.2) is 27.7 Å². The molecule has 0 N–H and O–H groups in total. The van der Waals surface area contributed by atoms with E-state index in [1.165, 1.54) is 18.4 Å². The number of rotatable bonds is 3. The van der Waals surface area contributed by atoms with E-state index in [1.54, 1.807) is 0 Å². The van der Waals surface area contributed by atoms with Crippen LogP contribution in [0.4, 0.5) is 0 Å². The average Bonchev–Trinajstić information content (AvgIpc) is 3.18. The van der Waals surface area contributed by atoms with Gasteiger partial charge in [0.15, 0.2) is 0 Å². The Bertz CT molecular complexity index is 836. The quantitative estimate of drug-likeness (QED) is 0.800. The first-order valence-corrected chi connectivity index (χ1v) is 9.13. The van der Waals surface area contributed by atoms with Crippen LogP contribution in [0.2, 0.25) is 0 Å². The van der Waals surface area contributed by atoms with Crippen LogP contribution in [0, 0.1) is 30.1 Å². The van der Waals surface area contributed by atoms with Gasteiger partial charge in [0.05, 0.1) is 25.5 Å². The summed E-state index contributed by atoms with van der Waals surface area (Å²) < 4.78 is 7.78. The highest BCUT2D eigenvalue weighted by molar-refractivity contribution is 5.64. The van der Waals surface area contributed by atoms with Gasteiger partial charge in [0.25, 0.3) is 0 Å². The molecule has 1 saturated carbocycles. The standard InChI is InChI=1S/C21H25N3O/c1-15-10-17(7-6-16-4-5-16)8-9-19(15)20-13-24(23-22-20)12-18-11-21(2,3)14-25-18/h8-10,13,16,18H,4-5,11-12,14H2,1-3H3/t18-/m1/s1.